The van der Waals surface area contributed by atoms with Gasteiger partial charge < -0.3 is 14.6 Å². The van der Waals surface area contributed by atoms with E-state index in [1.807, 2.05) is 60.1 Å². The summed E-state index contributed by atoms with van der Waals surface area (Å²) in [6.07, 6.45) is 0. The van der Waals surface area contributed by atoms with Gasteiger partial charge in [0.15, 0.2) is 0 Å². The van der Waals surface area contributed by atoms with Crippen molar-refractivity contribution in [3.63, 3.8) is 0 Å². The highest BCUT2D eigenvalue weighted by atomic mass is 32.1. The molecular weight excluding hydrogens is 360 g/mol. The average Bonchev–Trinajstić information content (AvgIpc) is 3.32. The third kappa shape index (κ3) is 3.41. The summed E-state index contributed by atoms with van der Waals surface area (Å²) in [7, 11) is 3.58. The first-order valence-electron chi connectivity index (χ1n) is 8.44. The number of aromatic nitrogens is 3. The van der Waals surface area contributed by atoms with Crippen molar-refractivity contribution in [2.24, 2.45) is 7.05 Å². The Kier molecular flexibility index (Phi) is 4.60. The van der Waals surface area contributed by atoms with Gasteiger partial charge in [-0.3, -0.25) is 4.79 Å². The molecule has 0 aliphatic heterocycles. The van der Waals surface area contributed by atoms with Gasteiger partial charge in [-0.2, -0.15) is 0 Å². The van der Waals surface area contributed by atoms with Gasteiger partial charge >= 0.3 is 0 Å². The van der Waals surface area contributed by atoms with Crippen LogP contribution in [0.5, 0.6) is 5.75 Å². The van der Waals surface area contributed by atoms with Crippen molar-refractivity contribution >= 4 is 28.3 Å². The minimum atomic E-state index is -0.210. The second-order valence-corrected chi connectivity index (χ2v) is 6.88. The van der Waals surface area contributed by atoms with Crippen molar-refractivity contribution < 1.29 is 9.53 Å². The maximum absolute atomic E-state index is 12.5. The Balaban J connectivity index is 1.46. The number of benzene rings is 2. The molecule has 4 aromatic rings. The summed E-state index contributed by atoms with van der Waals surface area (Å²) in [6.45, 7) is 0.347. The summed E-state index contributed by atoms with van der Waals surface area (Å²) in [5.41, 5.74) is 3.32. The first-order valence-corrected chi connectivity index (χ1v) is 9.32. The zero-order valence-corrected chi connectivity index (χ0v) is 15.8. The van der Waals surface area contributed by atoms with Crippen molar-refractivity contribution in [2.75, 3.05) is 7.11 Å². The number of carbonyl (C=O) groups excluding carboxylic acids is 1. The molecule has 6 nitrogen and oxygen atoms in total. The number of nitrogens with zero attached hydrogens (tertiary/aromatic N) is 3. The maximum Gasteiger partial charge on any atom is 0.271 e. The van der Waals surface area contributed by atoms with Gasteiger partial charge in [-0.05, 0) is 36.4 Å². The molecule has 1 amide bonds. The third-order valence-corrected chi connectivity index (χ3v) is 5.25. The fraction of sp³-hybridized carbons (Fsp3) is 0.150. The molecule has 1 N–H and O–H groups in total. The monoisotopic (exact) mass is 378 g/mol. The summed E-state index contributed by atoms with van der Waals surface area (Å²) < 4.78 is 7.15. The number of amides is 1. The van der Waals surface area contributed by atoms with Crippen LogP contribution in [0.25, 0.3) is 21.6 Å². The number of rotatable bonds is 5. The van der Waals surface area contributed by atoms with E-state index in [0.717, 1.165) is 33.2 Å². The van der Waals surface area contributed by atoms with Crippen molar-refractivity contribution in [3.05, 3.63) is 65.4 Å². The van der Waals surface area contributed by atoms with E-state index >= 15 is 0 Å². The molecule has 0 aliphatic rings. The lowest BCUT2D eigenvalue weighted by Crippen LogP contribution is -2.24. The van der Waals surface area contributed by atoms with Crippen LogP contribution in [0.3, 0.4) is 0 Å². The quantitative estimate of drug-likeness (QED) is 0.576. The van der Waals surface area contributed by atoms with Crippen LogP contribution in [0.1, 0.15) is 16.3 Å². The van der Waals surface area contributed by atoms with Gasteiger partial charge in [0.25, 0.3) is 5.91 Å². The molecule has 2 heterocycles. The van der Waals surface area contributed by atoms with Crippen LogP contribution in [-0.2, 0) is 13.6 Å². The highest BCUT2D eigenvalue weighted by Gasteiger charge is 2.14. The van der Waals surface area contributed by atoms with E-state index < -0.39 is 0 Å². The Morgan fingerprint density at radius 1 is 1.15 bits per heavy atom. The molecular formula is C20H18N4O2S. The number of hydrogen-bond donors (Lipinski definition) is 1. The van der Waals surface area contributed by atoms with Crippen LogP contribution in [0.2, 0.25) is 0 Å². The number of nitrogens with one attached hydrogen (secondary N) is 1. The summed E-state index contributed by atoms with van der Waals surface area (Å²) in [5.74, 6) is 1.38. The van der Waals surface area contributed by atoms with Crippen LogP contribution < -0.4 is 10.1 Å². The number of thiazole rings is 1. The zero-order valence-electron chi connectivity index (χ0n) is 15.0. The molecule has 0 saturated heterocycles. The Labute approximate surface area is 160 Å². The average molecular weight is 378 g/mol. The van der Waals surface area contributed by atoms with Gasteiger partial charge in [-0.15, -0.1) is 11.3 Å². The normalized spacial score (nSPS) is 10.9. The Morgan fingerprint density at radius 2 is 1.93 bits per heavy atom. The number of hydrogen-bond acceptors (Lipinski definition) is 5. The molecule has 136 valence electrons. The Bertz CT molecular complexity index is 1100. The number of ether oxygens (including phenoxy) is 1. The molecule has 0 bridgehead atoms. The number of imidazole rings is 1. The van der Waals surface area contributed by atoms with Gasteiger partial charge in [-0.25, -0.2) is 9.97 Å². The molecule has 4 rings (SSSR count). The second-order valence-electron chi connectivity index (χ2n) is 6.02. The molecule has 0 spiro atoms. The smallest absolute Gasteiger partial charge is 0.271 e. The van der Waals surface area contributed by atoms with Crippen LogP contribution in [0.4, 0.5) is 0 Å². The van der Waals surface area contributed by atoms with Crippen LogP contribution in [0, 0.1) is 0 Å². The summed E-state index contributed by atoms with van der Waals surface area (Å²) in [4.78, 5) is 21.5. The molecule has 2 aromatic heterocycles. The number of methoxy groups -OCH3 is 1. The van der Waals surface area contributed by atoms with Crippen molar-refractivity contribution in [1.82, 2.24) is 19.9 Å². The molecule has 0 atom stereocenters. The Morgan fingerprint density at radius 3 is 2.67 bits per heavy atom. The number of carbonyl (C=O) groups is 1. The minimum absolute atomic E-state index is 0.210. The van der Waals surface area contributed by atoms with Crippen LogP contribution >= 0.6 is 11.3 Å². The lowest BCUT2D eigenvalue weighted by Gasteiger charge is -2.04. The fourth-order valence-electron chi connectivity index (χ4n) is 2.85. The maximum atomic E-state index is 12.5. The largest absolute Gasteiger partial charge is 0.497 e. The van der Waals surface area contributed by atoms with Crippen molar-refractivity contribution in [1.29, 1.82) is 0 Å². The van der Waals surface area contributed by atoms with Crippen molar-refractivity contribution in [3.8, 4) is 16.3 Å². The molecule has 0 aliphatic carbocycles. The summed E-state index contributed by atoms with van der Waals surface area (Å²) in [6, 6.07) is 15.5. The fourth-order valence-corrected chi connectivity index (χ4v) is 3.65. The van der Waals surface area contributed by atoms with Crippen LogP contribution in [-0.4, -0.2) is 27.6 Å². The first-order chi connectivity index (χ1) is 13.2. The van der Waals surface area contributed by atoms with E-state index in [0.29, 0.717) is 12.2 Å². The van der Waals surface area contributed by atoms with E-state index in [-0.39, 0.29) is 5.91 Å². The molecule has 0 radical (unpaired) electrons. The lowest BCUT2D eigenvalue weighted by molar-refractivity contribution is 0.0945. The van der Waals surface area contributed by atoms with Crippen LogP contribution in [0.15, 0.2) is 53.9 Å². The standard InChI is InChI=1S/C20H18N4O2S/c1-24-17-6-4-3-5-15(17)22-18(24)11-21-19(25)16-12-27-20(23-16)13-7-9-14(26-2)10-8-13/h3-10,12H,11H2,1-2H3,(H,21,25). The van der Waals surface area contributed by atoms with Gasteiger partial charge in [0.1, 0.15) is 22.3 Å². The van der Waals surface area contributed by atoms with Crippen molar-refractivity contribution in [2.45, 2.75) is 6.54 Å². The Hall–Kier alpha value is -3.19. The predicted molar refractivity (Wildman–Crippen MR) is 106 cm³/mol. The first kappa shape index (κ1) is 17.2. The molecule has 0 fully saturated rings. The van der Waals surface area contributed by atoms with E-state index in [2.05, 4.69) is 15.3 Å². The van der Waals surface area contributed by atoms with E-state index in [9.17, 15) is 4.79 Å². The second kappa shape index (κ2) is 7.20. The highest BCUT2D eigenvalue weighted by Crippen LogP contribution is 2.25. The van der Waals surface area contributed by atoms with E-state index in [4.69, 9.17) is 4.74 Å². The molecule has 27 heavy (non-hydrogen) atoms. The van der Waals surface area contributed by atoms with Gasteiger partial charge in [0, 0.05) is 18.0 Å². The topological polar surface area (TPSA) is 69.0 Å². The highest BCUT2D eigenvalue weighted by molar-refractivity contribution is 7.13. The molecule has 0 unspecified atom stereocenters. The van der Waals surface area contributed by atoms with Gasteiger partial charge in [0.05, 0.1) is 24.7 Å². The summed E-state index contributed by atoms with van der Waals surface area (Å²) in [5, 5.41) is 5.47. The van der Waals surface area contributed by atoms with E-state index in [1.54, 1.807) is 12.5 Å². The number of aryl methyl sites for hydroxylation is 1. The lowest BCUT2D eigenvalue weighted by atomic mass is 10.2. The zero-order chi connectivity index (χ0) is 18.8. The van der Waals surface area contributed by atoms with Gasteiger partial charge in [0.2, 0.25) is 0 Å². The number of para-hydroxylation sites is 2. The molecule has 2 aromatic carbocycles. The SMILES string of the molecule is COc1ccc(-c2nc(C(=O)NCc3nc4ccccc4n3C)cs2)cc1. The van der Waals surface area contributed by atoms with E-state index in [1.165, 1.54) is 11.3 Å². The van der Waals surface area contributed by atoms with Gasteiger partial charge in [-0.1, -0.05) is 12.1 Å². The molecule has 7 heteroatoms. The summed E-state index contributed by atoms with van der Waals surface area (Å²) >= 11 is 1.44. The molecule has 0 saturated carbocycles. The third-order valence-electron chi connectivity index (χ3n) is 4.36. The predicted octanol–water partition coefficient (Wildman–Crippen LogP) is 3.64. The minimum Gasteiger partial charge on any atom is -0.497 e. The number of fused-ring (bicyclic) bond motifs is 1.